The van der Waals surface area contributed by atoms with Gasteiger partial charge in [-0.1, -0.05) is 55.1 Å². The van der Waals surface area contributed by atoms with Gasteiger partial charge in [0.1, 0.15) is 16.4 Å². The minimum absolute atomic E-state index is 0.148. The number of rotatable bonds is 6. The number of ether oxygens (including phenoxy) is 1. The molecule has 0 aliphatic heterocycles. The second kappa shape index (κ2) is 9.29. The first-order valence-corrected chi connectivity index (χ1v) is 13.8. The van der Waals surface area contributed by atoms with E-state index in [9.17, 15) is 9.59 Å². The summed E-state index contributed by atoms with van der Waals surface area (Å²) in [6, 6.07) is 12.3. The molecule has 1 amide bonds. The van der Waals surface area contributed by atoms with E-state index < -0.39 is 0 Å². The Bertz CT molecular complexity index is 1530. The Morgan fingerprint density at radius 2 is 1.92 bits per heavy atom. The number of amides is 1. The van der Waals surface area contributed by atoms with E-state index >= 15 is 0 Å². The van der Waals surface area contributed by atoms with Crippen LogP contribution in [0.3, 0.4) is 0 Å². The molecule has 2 heterocycles. The molecule has 9 heteroatoms. The molecule has 2 aliphatic rings. The summed E-state index contributed by atoms with van der Waals surface area (Å²) in [6.45, 7) is 2.21. The lowest BCUT2D eigenvalue weighted by atomic mass is 9.88. The van der Waals surface area contributed by atoms with Gasteiger partial charge in [-0.15, -0.1) is 21.5 Å². The number of hydrogen-bond acceptors (Lipinski definition) is 8. The number of aromatic nitrogens is 3. The maximum Gasteiger partial charge on any atom is 0.341 e. The Hall–Kier alpha value is -3.30. The number of thioether (sulfide) groups is 1. The highest BCUT2D eigenvalue weighted by Crippen LogP contribution is 2.45. The van der Waals surface area contributed by atoms with Crippen molar-refractivity contribution < 1.29 is 14.3 Å². The Labute approximate surface area is 216 Å². The van der Waals surface area contributed by atoms with Crippen molar-refractivity contribution in [2.24, 2.45) is 5.92 Å². The zero-order chi connectivity index (χ0) is 24.8. The van der Waals surface area contributed by atoms with E-state index in [0.717, 1.165) is 58.1 Å². The van der Waals surface area contributed by atoms with Gasteiger partial charge in [-0.3, -0.25) is 4.79 Å². The van der Waals surface area contributed by atoms with Gasteiger partial charge in [0, 0.05) is 33.6 Å². The fourth-order valence-electron chi connectivity index (χ4n) is 5.06. The van der Waals surface area contributed by atoms with Crippen LogP contribution in [0.4, 0.5) is 5.00 Å². The molecule has 0 bridgehead atoms. The second-order valence-corrected chi connectivity index (χ2v) is 11.4. The molecule has 2 aromatic heterocycles. The van der Waals surface area contributed by atoms with Crippen LogP contribution >= 0.6 is 23.1 Å². The highest BCUT2D eigenvalue weighted by molar-refractivity contribution is 7.99. The number of thiophene rings is 1. The molecule has 1 N–H and O–H groups in total. The standard InChI is InChI=1S/C27H24N4O3S2/c1-14-9-10-16-19(13-14)36-25(22(16)26(33)34-2)28-20(32)11-12-35-27-29-23-17-7-3-5-15-6-4-8-18(21(15)17)24(23)30-31-27/h3-8,14H,9-13H2,1-2H3,(H,28,32). The summed E-state index contributed by atoms with van der Waals surface area (Å²) in [5.74, 6) is 0.535. The molecule has 0 saturated carbocycles. The molecule has 7 nitrogen and oxygen atoms in total. The fraction of sp³-hybridized carbons (Fsp3) is 0.296. The largest absolute Gasteiger partial charge is 0.465 e. The molecule has 2 aliphatic carbocycles. The predicted octanol–water partition coefficient (Wildman–Crippen LogP) is 5.77. The molecule has 0 saturated heterocycles. The summed E-state index contributed by atoms with van der Waals surface area (Å²) >= 11 is 2.90. The molecule has 0 fully saturated rings. The van der Waals surface area contributed by atoms with Crippen LogP contribution in [0.5, 0.6) is 0 Å². The Kier molecular flexibility index (Phi) is 5.97. The summed E-state index contributed by atoms with van der Waals surface area (Å²) in [7, 11) is 1.38. The summed E-state index contributed by atoms with van der Waals surface area (Å²) in [5.41, 5.74) is 5.32. The molecule has 4 aromatic rings. The van der Waals surface area contributed by atoms with E-state index in [4.69, 9.17) is 9.72 Å². The second-order valence-electron chi connectivity index (χ2n) is 9.19. The third-order valence-electron chi connectivity index (χ3n) is 6.80. The van der Waals surface area contributed by atoms with Gasteiger partial charge >= 0.3 is 5.97 Å². The van der Waals surface area contributed by atoms with Gasteiger partial charge in [0.15, 0.2) is 0 Å². The predicted molar refractivity (Wildman–Crippen MR) is 143 cm³/mol. The fourth-order valence-corrected chi connectivity index (χ4v) is 7.20. The van der Waals surface area contributed by atoms with Gasteiger partial charge in [0.25, 0.3) is 0 Å². The van der Waals surface area contributed by atoms with E-state index in [-0.39, 0.29) is 18.3 Å². The number of hydrogen-bond donors (Lipinski definition) is 1. The molecule has 36 heavy (non-hydrogen) atoms. The molecule has 0 spiro atoms. The zero-order valence-corrected chi connectivity index (χ0v) is 21.6. The van der Waals surface area contributed by atoms with Crippen molar-refractivity contribution in [3.8, 4) is 22.5 Å². The lowest BCUT2D eigenvalue weighted by Gasteiger charge is -2.18. The number of esters is 1. The van der Waals surface area contributed by atoms with Crippen LogP contribution in [-0.4, -0.2) is 39.9 Å². The van der Waals surface area contributed by atoms with Crippen LogP contribution in [0.2, 0.25) is 0 Å². The Balaban J connectivity index is 1.14. The van der Waals surface area contributed by atoms with Gasteiger partial charge in [-0.25, -0.2) is 9.78 Å². The molecule has 1 unspecified atom stereocenters. The van der Waals surface area contributed by atoms with Crippen molar-refractivity contribution in [1.82, 2.24) is 15.2 Å². The van der Waals surface area contributed by atoms with E-state index in [0.29, 0.717) is 27.4 Å². The number of methoxy groups -OCH3 is 1. The van der Waals surface area contributed by atoms with E-state index in [1.54, 1.807) is 0 Å². The smallest absolute Gasteiger partial charge is 0.341 e. The summed E-state index contributed by atoms with van der Waals surface area (Å²) < 4.78 is 5.02. The van der Waals surface area contributed by atoms with Crippen molar-refractivity contribution in [3.63, 3.8) is 0 Å². The number of carbonyl (C=O) groups excluding carboxylic acids is 2. The van der Waals surface area contributed by atoms with Crippen molar-refractivity contribution in [1.29, 1.82) is 0 Å². The highest BCUT2D eigenvalue weighted by Gasteiger charge is 2.29. The molecule has 1 atom stereocenters. The van der Waals surface area contributed by atoms with E-state index in [1.165, 1.54) is 35.1 Å². The number of carbonyl (C=O) groups is 2. The van der Waals surface area contributed by atoms with Crippen LogP contribution in [0, 0.1) is 5.92 Å². The Morgan fingerprint density at radius 3 is 2.69 bits per heavy atom. The van der Waals surface area contributed by atoms with Gasteiger partial charge in [0.05, 0.1) is 12.7 Å². The number of nitrogens with one attached hydrogen (secondary N) is 1. The maximum atomic E-state index is 12.8. The topological polar surface area (TPSA) is 94.1 Å². The number of fused-ring (bicyclic) bond motifs is 4. The summed E-state index contributed by atoms with van der Waals surface area (Å²) in [4.78, 5) is 31.2. The molecule has 0 radical (unpaired) electrons. The average molecular weight is 517 g/mol. The van der Waals surface area contributed by atoms with Crippen LogP contribution in [0.1, 0.15) is 40.6 Å². The van der Waals surface area contributed by atoms with Crippen molar-refractivity contribution in [2.75, 3.05) is 18.2 Å². The first kappa shape index (κ1) is 23.1. The molecular formula is C27H24N4O3S2. The lowest BCUT2D eigenvalue weighted by molar-refractivity contribution is -0.115. The minimum Gasteiger partial charge on any atom is -0.465 e. The van der Waals surface area contributed by atoms with Gasteiger partial charge in [0.2, 0.25) is 11.1 Å². The third kappa shape index (κ3) is 3.96. The first-order valence-electron chi connectivity index (χ1n) is 12.0. The SMILES string of the molecule is COC(=O)c1c(NC(=O)CCSc2nnc3c(n2)-c2cccc4cccc-3c24)sc2c1CCC(C)C2. The van der Waals surface area contributed by atoms with E-state index in [2.05, 4.69) is 46.7 Å². The van der Waals surface area contributed by atoms with Gasteiger partial charge < -0.3 is 10.1 Å². The molecule has 182 valence electrons. The molecular weight excluding hydrogens is 492 g/mol. The van der Waals surface area contributed by atoms with Crippen LogP contribution < -0.4 is 5.32 Å². The van der Waals surface area contributed by atoms with Crippen LogP contribution in [-0.2, 0) is 22.4 Å². The molecule has 2 aromatic carbocycles. The monoisotopic (exact) mass is 516 g/mol. The average Bonchev–Trinajstić information content (AvgIpc) is 3.39. The highest BCUT2D eigenvalue weighted by atomic mass is 32.2. The zero-order valence-electron chi connectivity index (χ0n) is 20.0. The van der Waals surface area contributed by atoms with E-state index in [1.807, 2.05) is 12.1 Å². The third-order valence-corrected chi connectivity index (χ3v) is 8.81. The van der Waals surface area contributed by atoms with Crippen molar-refractivity contribution >= 4 is 50.7 Å². The molecule has 6 rings (SSSR count). The minimum atomic E-state index is -0.389. The van der Waals surface area contributed by atoms with Crippen molar-refractivity contribution in [3.05, 3.63) is 52.4 Å². The number of anilines is 1. The number of nitrogens with zero attached hydrogens (tertiary/aromatic N) is 3. The number of benzene rings is 2. The lowest BCUT2D eigenvalue weighted by Crippen LogP contribution is -2.16. The van der Waals surface area contributed by atoms with Gasteiger partial charge in [-0.05, 0) is 36.1 Å². The summed E-state index contributed by atoms with van der Waals surface area (Å²) in [5, 5.41) is 15.2. The normalized spacial score (nSPS) is 15.4. The van der Waals surface area contributed by atoms with Crippen LogP contribution in [0.25, 0.3) is 33.3 Å². The van der Waals surface area contributed by atoms with Crippen molar-refractivity contribution in [2.45, 2.75) is 37.8 Å². The van der Waals surface area contributed by atoms with Crippen LogP contribution in [0.15, 0.2) is 41.6 Å². The summed E-state index contributed by atoms with van der Waals surface area (Å²) in [6.07, 6.45) is 3.06. The van der Waals surface area contributed by atoms with Gasteiger partial charge in [-0.2, -0.15) is 0 Å². The first-order chi connectivity index (χ1) is 17.5. The maximum absolute atomic E-state index is 12.8. The Morgan fingerprint density at radius 1 is 1.14 bits per heavy atom. The quantitative estimate of drug-likeness (QED) is 0.226.